The second-order valence-corrected chi connectivity index (χ2v) is 8.83. The molecule has 160 valence electrons. The van der Waals surface area contributed by atoms with E-state index in [2.05, 4.69) is 5.32 Å². The molecule has 1 aromatic rings. The molecule has 0 bridgehead atoms. The Hall–Kier alpha value is -2.48. The number of nitrogens with zero attached hydrogens (tertiary/aromatic N) is 1. The highest BCUT2D eigenvalue weighted by molar-refractivity contribution is 8.18. The molecular weight excluding hydrogens is 404 g/mol. The molecule has 0 radical (unpaired) electrons. The lowest BCUT2D eigenvalue weighted by molar-refractivity contribution is -0.124. The van der Waals surface area contributed by atoms with Crippen LogP contribution < -0.4 is 14.8 Å². The van der Waals surface area contributed by atoms with Gasteiger partial charge in [0, 0.05) is 19.5 Å². The SMILES string of the molecule is O=C(CCC1CCCCC1)NCCN1C(=O)S/C(=C\c2ccc3c(c2)OCO3)C1=O. The molecule has 1 aromatic carbocycles. The van der Waals surface area contributed by atoms with Crippen molar-refractivity contribution in [2.75, 3.05) is 19.9 Å². The number of carbonyl (C=O) groups is 3. The van der Waals surface area contributed by atoms with Crippen LogP contribution in [0, 0.1) is 5.92 Å². The number of nitrogens with one attached hydrogen (secondary N) is 1. The summed E-state index contributed by atoms with van der Waals surface area (Å²) in [5.74, 6) is 1.60. The molecule has 1 N–H and O–H groups in total. The number of amides is 3. The van der Waals surface area contributed by atoms with Gasteiger partial charge in [-0.05, 0) is 47.9 Å². The predicted octanol–water partition coefficient (Wildman–Crippen LogP) is 3.93. The molecule has 2 fully saturated rings. The largest absolute Gasteiger partial charge is 0.454 e. The maximum absolute atomic E-state index is 12.6. The standard InChI is InChI=1S/C22H26N2O5S/c25-20(9-7-15-4-2-1-3-5-15)23-10-11-24-21(26)19(30-22(24)27)13-16-6-8-17-18(12-16)29-14-28-17/h6,8,12-13,15H,1-5,7,9-11,14H2,(H,23,25)/b19-13-. The Kier molecular flexibility index (Phi) is 6.62. The normalized spacial score (nSPS) is 20.3. The smallest absolute Gasteiger partial charge is 0.293 e. The molecule has 30 heavy (non-hydrogen) atoms. The summed E-state index contributed by atoms with van der Waals surface area (Å²) in [5.41, 5.74) is 0.765. The summed E-state index contributed by atoms with van der Waals surface area (Å²) in [4.78, 5) is 38.5. The van der Waals surface area contributed by atoms with Gasteiger partial charge in [0.15, 0.2) is 11.5 Å². The highest BCUT2D eigenvalue weighted by Gasteiger charge is 2.34. The number of imide groups is 1. The van der Waals surface area contributed by atoms with Crippen LogP contribution in [0.3, 0.4) is 0 Å². The van der Waals surface area contributed by atoms with Gasteiger partial charge in [-0.25, -0.2) is 0 Å². The number of carbonyl (C=O) groups excluding carboxylic acids is 3. The van der Waals surface area contributed by atoms with Gasteiger partial charge in [-0.3, -0.25) is 19.3 Å². The van der Waals surface area contributed by atoms with Crippen molar-refractivity contribution in [2.24, 2.45) is 5.92 Å². The summed E-state index contributed by atoms with van der Waals surface area (Å²) < 4.78 is 10.6. The first kappa shape index (κ1) is 20.8. The first-order valence-electron chi connectivity index (χ1n) is 10.5. The van der Waals surface area contributed by atoms with E-state index >= 15 is 0 Å². The summed E-state index contributed by atoms with van der Waals surface area (Å²) >= 11 is 0.912. The fraction of sp³-hybridized carbons (Fsp3) is 0.500. The van der Waals surface area contributed by atoms with Crippen molar-refractivity contribution in [1.82, 2.24) is 10.2 Å². The summed E-state index contributed by atoms with van der Waals surface area (Å²) in [7, 11) is 0. The predicted molar refractivity (Wildman–Crippen MR) is 114 cm³/mol. The number of fused-ring (bicyclic) bond motifs is 1. The first-order chi connectivity index (χ1) is 14.6. The van der Waals surface area contributed by atoms with Crippen molar-refractivity contribution in [2.45, 2.75) is 44.9 Å². The summed E-state index contributed by atoms with van der Waals surface area (Å²) in [6, 6.07) is 5.37. The average molecular weight is 431 g/mol. The number of thioether (sulfide) groups is 1. The molecule has 2 aliphatic heterocycles. The maximum Gasteiger partial charge on any atom is 0.293 e. The van der Waals surface area contributed by atoms with E-state index in [1.807, 2.05) is 6.07 Å². The van der Waals surface area contributed by atoms with E-state index in [9.17, 15) is 14.4 Å². The van der Waals surface area contributed by atoms with Gasteiger partial charge in [-0.15, -0.1) is 0 Å². The minimum absolute atomic E-state index is 0.0107. The lowest BCUT2D eigenvalue weighted by Gasteiger charge is -2.21. The van der Waals surface area contributed by atoms with Crippen molar-refractivity contribution in [3.8, 4) is 11.5 Å². The van der Waals surface area contributed by atoms with Crippen LogP contribution in [0.1, 0.15) is 50.5 Å². The van der Waals surface area contributed by atoms with Crippen molar-refractivity contribution in [3.05, 3.63) is 28.7 Å². The van der Waals surface area contributed by atoms with E-state index in [1.54, 1.807) is 18.2 Å². The third kappa shape index (κ3) is 4.98. The van der Waals surface area contributed by atoms with Gasteiger partial charge in [-0.1, -0.05) is 38.2 Å². The van der Waals surface area contributed by atoms with Crippen LogP contribution in [-0.2, 0) is 9.59 Å². The van der Waals surface area contributed by atoms with Crippen molar-refractivity contribution >= 4 is 34.9 Å². The Labute approximate surface area is 180 Å². The molecule has 0 unspecified atom stereocenters. The van der Waals surface area contributed by atoms with Crippen molar-refractivity contribution in [3.63, 3.8) is 0 Å². The van der Waals surface area contributed by atoms with Crippen LogP contribution in [0.15, 0.2) is 23.1 Å². The molecule has 0 spiro atoms. The molecular formula is C22H26N2O5S. The molecule has 4 rings (SSSR count). The van der Waals surface area contributed by atoms with Crippen LogP contribution >= 0.6 is 11.8 Å². The van der Waals surface area contributed by atoms with Gasteiger partial charge in [0.05, 0.1) is 4.91 Å². The fourth-order valence-corrected chi connectivity index (χ4v) is 4.92. The summed E-state index contributed by atoms with van der Waals surface area (Å²) in [5, 5.41) is 2.52. The number of hydrogen-bond acceptors (Lipinski definition) is 6. The summed E-state index contributed by atoms with van der Waals surface area (Å²) in [6.45, 7) is 0.638. The third-order valence-corrected chi connectivity index (χ3v) is 6.64. The van der Waals surface area contributed by atoms with Crippen LogP contribution in [0.25, 0.3) is 6.08 Å². The lowest BCUT2D eigenvalue weighted by Crippen LogP contribution is -2.37. The van der Waals surface area contributed by atoms with E-state index in [1.165, 1.54) is 37.0 Å². The highest BCUT2D eigenvalue weighted by Crippen LogP contribution is 2.36. The Balaban J connectivity index is 1.25. The van der Waals surface area contributed by atoms with Crippen LogP contribution in [-0.4, -0.2) is 41.8 Å². The molecule has 0 atom stereocenters. The zero-order chi connectivity index (χ0) is 20.9. The molecule has 1 aliphatic carbocycles. The first-order valence-corrected chi connectivity index (χ1v) is 11.3. The highest BCUT2D eigenvalue weighted by atomic mass is 32.2. The van der Waals surface area contributed by atoms with Crippen LogP contribution in [0.5, 0.6) is 11.5 Å². The number of ether oxygens (including phenoxy) is 2. The van der Waals surface area contributed by atoms with Crippen molar-refractivity contribution < 1.29 is 23.9 Å². The van der Waals surface area contributed by atoms with Gasteiger partial charge in [0.25, 0.3) is 11.1 Å². The minimum atomic E-state index is -0.334. The van der Waals surface area contributed by atoms with Gasteiger partial charge in [0.1, 0.15) is 0 Å². The monoisotopic (exact) mass is 430 g/mol. The minimum Gasteiger partial charge on any atom is -0.454 e. The molecule has 1 saturated carbocycles. The van der Waals surface area contributed by atoms with Gasteiger partial charge in [-0.2, -0.15) is 0 Å². The van der Waals surface area contributed by atoms with E-state index in [4.69, 9.17) is 9.47 Å². The zero-order valence-electron chi connectivity index (χ0n) is 16.9. The molecule has 2 heterocycles. The fourth-order valence-electron chi connectivity index (χ4n) is 4.05. The molecule has 0 aromatic heterocycles. The molecule has 3 aliphatic rings. The summed E-state index contributed by atoms with van der Waals surface area (Å²) in [6.07, 6.45) is 9.40. The molecule has 8 heteroatoms. The van der Waals surface area contributed by atoms with Crippen LogP contribution in [0.4, 0.5) is 4.79 Å². The second kappa shape index (κ2) is 9.55. The van der Waals surface area contributed by atoms with Gasteiger partial charge < -0.3 is 14.8 Å². The number of hydrogen-bond donors (Lipinski definition) is 1. The van der Waals surface area contributed by atoms with E-state index in [0.29, 0.717) is 28.7 Å². The lowest BCUT2D eigenvalue weighted by atomic mass is 9.86. The average Bonchev–Trinajstić information content (AvgIpc) is 3.32. The quantitative estimate of drug-likeness (QED) is 0.660. The maximum atomic E-state index is 12.6. The topological polar surface area (TPSA) is 84.9 Å². The van der Waals surface area contributed by atoms with E-state index in [0.717, 1.165) is 23.7 Å². The molecule has 1 saturated heterocycles. The Bertz CT molecular complexity index is 863. The Morgan fingerprint density at radius 1 is 1.17 bits per heavy atom. The Morgan fingerprint density at radius 2 is 1.97 bits per heavy atom. The van der Waals surface area contributed by atoms with Crippen LogP contribution in [0.2, 0.25) is 0 Å². The van der Waals surface area contributed by atoms with Gasteiger partial charge in [0.2, 0.25) is 12.7 Å². The van der Waals surface area contributed by atoms with Crippen molar-refractivity contribution in [1.29, 1.82) is 0 Å². The van der Waals surface area contributed by atoms with E-state index in [-0.39, 0.29) is 36.9 Å². The Morgan fingerprint density at radius 3 is 2.80 bits per heavy atom. The molecule has 3 amide bonds. The zero-order valence-corrected chi connectivity index (χ0v) is 17.7. The second-order valence-electron chi connectivity index (χ2n) is 7.84. The number of rotatable bonds is 7. The third-order valence-electron chi connectivity index (χ3n) is 5.73. The van der Waals surface area contributed by atoms with E-state index < -0.39 is 0 Å². The molecule has 7 nitrogen and oxygen atoms in total. The van der Waals surface area contributed by atoms with Gasteiger partial charge >= 0.3 is 0 Å². The number of benzene rings is 1.